The summed E-state index contributed by atoms with van der Waals surface area (Å²) in [5.41, 5.74) is 0.317. The second-order valence-corrected chi connectivity index (χ2v) is 3.88. The molecule has 0 aliphatic carbocycles. The molecule has 0 saturated heterocycles. The van der Waals surface area contributed by atoms with Gasteiger partial charge in [-0.2, -0.15) is 0 Å². The van der Waals surface area contributed by atoms with Gasteiger partial charge in [0.2, 0.25) is 0 Å². The van der Waals surface area contributed by atoms with Gasteiger partial charge in [0.05, 0.1) is 0 Å². The van der Waals surface area contributed by atoms with Gasteiger partial charge in [0.1, 0.15) is 23.2 Å². The summed E-state index contributed by atoms with van der Waals surface area (Å²) in [6, 6.07) is 4.90. The largest absolute Gasteiger partial charge is 0.507 e. The molecule has 16 heavy (non-hydrogen) atoms. The summed E-state index contributed by atoms with van der Waals surface area (Å²) in [5, 5.41) is 9.57. The number of ketones is 1. The van der Waals surface area contributed by atoms with Gasteiger partial charge in [0.15, 0.2) is 5.78 Å². The van der Waals surface area contributed by atoms with E-state index in [4.69, 9.17) is 4.74 Å². The van der Waals surface area contributed by atoms with Gasteiger partial charge in [0, 0.05) is 6.42 Å². The first-order valence-corrected chi connectivity index (χ1v) is 5.35. The summed E-state index contributed by atoms with van der Waals surface area (Å²) >= 11 is 0. The molecule has 0 bridgehead atoms. The Balaban J connectivity index is 2.23. The summed E-state index contributed by atoms with van der Waals surface area (Å²) in [5.74, 6) is 0.448. The minimum Gasteiger partial charge on any atom is -0.507 e. The Bertz CT molecular complexity index is 423. The van der Waals surface area contributed by atoms with Crippen molar-refractivity contribution in [2.75, 3.05) is 0 Å². The topological polar surface area (TPSA) is 46.5 Å². The lowest BCUT2D eigenvalue weighted by molar-refractivity contribution is 0.0836. The van der Waals surface area contributed by atoms with Crippen molar-refractivity contribution < 1.29 is 14.6 Å². The molecule has 0 spiro atoms. The van der Waals surface area contributed by atoms with Crippen LogP contribution in [0, 0.1) is 0 Å². The summed E-state index contributed by atoms with van der Waals surface area (Å²) in [6.45, 7) is 3.64. The van der Waals surface area contributed by atoms with E-state index in [2.05, 4.69) is 6.58 Å². The third-order valence-corrected chi connectivity index (χ3v) is 2.68. The van der Waals surface area contributed by atoms with Crippen LogP contribution in [0.25, 0.3) is 0 Å². The van der Waals surface area contributed by atoms with Crippen molar-refractivity contribution in [3.05, 3.63) is 36.4 Å². The molecule has 1 aromatic carbocycles. The summed E-state index contributed by atoms with van der Waals surface area (Å²) in [4.78, 5) is 11.8. The van der Waals surface area contributed by atoms with Crippen LogP contribution in [0.4, 0.5) is 0 Å². The fraction of sp³-hybridized carbons (Fsp3) is 0.308. The number of hydrogen-bond acceptors (Lipinski definition) is 3. The van der Waals surface area contributed by atoms with E-state index in [-0.39, 0.29) is 17.6 Å². The predicted octanol–water partition coefficient (Wildman–Crippen LogP) is 2.69. The second kappa shape index (κ2) is 4.39. The molecule has 1 unspecified atom stereocenters. The van der Waals surface area contributed by atoms with Crippen molar-refractivity contribution in [3.63, 3.8) is 0 Å². The summed E-state index contributed by atoms with van der Waals surface area (Å²) in [7, 11) is 0. The monoisotopic (exact) mass is 218 g/mol. The van der Waals surface area contributed by atoms with Gasteiger partial charge >= 0.3 is 0 Å². The van der Waals surface area contributed by atoms with E-state index in [0.717, 1.165) is 12.8 Å². The zero-order valence-electron chi connectivity index (χ0n) is 8.98. The molecule has 84 valence electrons. The molecular formula is C13H14O3. The van der Waals surface area contributed by atoms with Gasteiger partial charge in [-0.3, -0.25) is 4.79 Å². The first kappa shape index (κ1) is 10.7. The molecule has 3 nitrogen and oxygen atoms in total. The smallest absolute Gasteiger partial charge is 0.174 e. The van der Waals surface area contributed by atoms with Crippen LogP contribution in [0.3, 0.4) is 0 Å². The number of fused-ring (bicyclic) bond motifs is 1. The van der Waals surface area contributed by atoms with Gasteiger partial charge in [0.25, 0.3) is 0 Å². The first-order valence-electron chi connectivity index (χ1n) is 5.35. The minimum absolute atomic E-state index is 0.00432. The first-order chi connectivity index (χ1) is 7.72. The fourth-order valence-electron chi connectivity index (χ4n) is 1.89. The molecule has 1 N–H and O–H groups in total. The number of phenols is 1. The van der Waals surface area contributed by atoms with E-state index >= 15 is 0 Å². The molecule has 0 radical (unpaired) electrons. The Morgan fingerprint density at radius 3 is 3.12 bits per heavy atom. The van der Waals surface area contributed by atoms with Crippen LogP contribution in [0.15, 0.2) is 30.9 Å². The number of aromatic hydroxyl groups is 1. The molecule has 1 aliphatic heterocycles. The van der Waals surface area contributed by atoms with E-state index in [9.17, 15) is 9.90 Å². The molecule has 1 heterocycles. The Labute approximate surface area is 94.4 Å². The van der Waals surface area contributed by atoms with Crippen molar-refractivity contribution in [2.45, 2.75) is 25.4 Å². The Morgan fingerprint density at radius 2 is 2.38 bits per heavy atom. The van der Waals surface area contributed by atoms with Crippen LogP contribution in [-0.2, 0) is 0 Å². The maximum absolute atomic E-state index is 11.8. The van der Waals surface area contributed by atoms with Gasteiger partial charge in [-0.15, -0.1) is 6.58 Å². The molecular weight excluding hydrogens is 204 g/mol. The highest BCUT2D eigenvalue weighted by Gasteiger charge is 2.28. The average molecular weight is 218 g/mol. The van der Waals surface area contributed by atoms with Crippen molar-refractivity contribution in [3.8, 4) is 11.5 Å². The third-order valence-electron chi connectivity index (χ3n) is 2.68. The highest BCUT2D eigenvalue weighted by atomic mass is 16.5. The van der Waals surface area contributed by atoms with Gasteiger partial charge in [-0.25, -0.2) is 0 Å². The van der Waals surface area contributed by atoms with Crippen LogP contribution >= 0.6 is 0 Å². The lowest BCUT2D eigenvalue weighted by Gasteiger charge is -2.25. The van der Waals surface area contributed by atoms with Crippen molar-refractivity contribution >= 4 is 5.78 Å². The maximum Gasteiger partial charge on any atom is 0.174 e. The van der Waals surface area contributed by atoms with E-state index < -0.39 is 0 Å². The summed E-state index contributed by atoms with van der Waals surface area (Å²) < 4.78 is 5.66. The summed E-state index contributed by atoms with van der Waals surface area (Å²) in [6.07, 6.45) is 3.65. The highest BCUT2D eigenvalue weighted by molar-refractivity contribution is 6.02. The molecule has 3 heteroatoms. The highest BCUT2D eigenvalue weighted by Crippen LogP contribution is 2.34. The average Bonchev–Trinajstić information content (AvgIpc) is 2.26. The van der Waals surface area contributed by atoms with E-state index in [1.807, 2.05) is 6.08 Å². The fourth-order valence-corrected chi connectivity index (χ4v) is 1.89. The van der Waals surface area contributed by atoms with Crippen LogP contribution in [0.2, 0.25) is 0 Å². The van der Waals surface area contributed by atoms with Crippen molar-refractivity contribution in [1.82, 2.24) is 0 Å². The number of benzene rings is 1. The van der Waals surface area contributed by atoms with Crippen LogP contribution in [0.5, 0.6) is 11.5 Å². The molecule has 1 aromatic rings. The standard InChI is InChI=1S/C13H14O3/c1-2-3-5-9-8-11(15)13-10(14)6-4-7-12(13)16-9/h2,4,6-7,9,14H,1,3,5,8H2. The Kier molecular flexibility index (Phi) is 2.95. The number of carbonyl (C=O) groups excluding carboxylic acids is 1. The van der Waals surface area contributed by atoms with E-state index in [0.29, 0.717) is 17.7 Å². The SMILES string of the molecule is C=CCCC1CC(=O)c2c(O)cccc2O1. The van der Waals surface area contributed by atoms with Crippen LogP contribution in [-0.4, -0.2) is 17.0 Å². The Hall–Kier alpha value is -1.77. The van der Waals surface area contributed by atoms with Crippen LogP contribution < -0.4 is 4.74 Å². The lowest BCUT2D eigenvalue weighted by Crippen LogP contribution is -2.26. The third kappa shape index (κ3) is 1.94. The number of phenolic OH excluding ortho intramolecular Hbond substituents is 1. The van der Waals surface area contributed by atoms with Gasteiger partial charge < -0.3 is 9.84 Å². The van der Waals surface area contributed by atoms with Gasteiger partial charge in [-0.1, -0.05) is 12.1 Å². The zero-order valence-corrected chi connectivity index (χ0v) is 8.98. The molecule has 0 aromatic heterocycles. The normalized spacial score (nSPS) is 18.8. The van der Waals surface area contributed by atoms with Gasteiger partial charge in [-0.05, 0) is 25.0 Å². The molecule has 2 rings (SSSR count). The van der Waals surface area contributed by atoms with E-state index in [1.54, 1.807) is 12.1 Å². The Morgan fingerprint density at radius 1 is 1.56 bits per heavy atom. The molecule has 1 aliphatic rings. The molecule has 1 atom stereocenters. The van der Waals surface area contributed by atoms with Crippen molar-refractivity contribution in [2.24, 2.45) is 0 Å². The number of Topliss-reactive ketones (excluding diaryl/α,β-unsaturated/α-hetero) is 1. The van der Waals surface area contributed by atoms with E-state index in [1.165, 1.54) is 6.07 Å². The second-order valence-electron chi connectivity index (χ2n) is 3.88. The molecule has 0 amide bonds. The van der Waals surface area contributed by atoms with Crippen LogP contribution in [0.1, 0.15) is 29.6 Å². The number of ether oxygens (including phenoxy) is 1. The van der Waals surface area contributed by atoms with Crippen molar-refractivity contribution in [1.29, 1.82) is 0 Å². The molecule has 0 fully saturated rings. The maximum atomic E-state index is 11.8. The number of rotatable bonds is 3. The zero-order chi connectivity index (χ0) is 11.5. The quantitative estimate of drug-likeness (QED) is 0.793. The molecule has 0 saturated carbocycles. The number of allylic oxidation sites excluding steroid dienone is 1. The number of carbonyl (C=O) groups is 1. The number of hydrogen-bond donors (Lipinski definition) is 1. The predicted molar refractivity (Wildman–Crippen MR) is 60.9 cm³/mol. The minimum atomic E-state index is -0.0974. The lowest BCUT2D eigenvalue weighted by atomic mass is 9.97.